The first-order valence-corrected chi connectivity index (χ1v) is 6.45. The van der Waals surface area contributed by atoms with E-state index in [4.69, 9.17) is 5.73 Å². The number of nitrogen functional groups attached to an aromatic ring is 1. The number of anilines is 1. The molecule has 2 heteroatoms. The third-order valence-corrected chi connectivity index (χ3v) is 3.85. The van der Waals surface area contributed by atoms with Crippen molar-refractivity contribution in [3.63, 3.8) is 0 Å². The second-order valence-corrected chi connectivity index (χ2v) is 5.11. The Balaban J connectivity index is 2.12. The molecule has 0 unspecified atom stereocenters. The lowest BCUT2D eigenvalue weighted by Crippen LogP contribution is -2.11. The summed E-state index contributed by atoms with van der Waals surface area (Å²) in [5.41, 5.74) is 9.26. The minimum atomic E-state index is 0.692. The molecule has 0 aliphatic heterocycles. The summed E-state index contributed by atoms with van der Waals surface area (Å²) in [5, 5.41) is 0. The quantitative estimate of drug-likeness (QED) is 0.825. The Labute approximate surface area is 98.3 Å². The Morgan fingerprint density at radius 3 is 2.56 bits per heavy atom. The molecule has 2 nitrogen and oxygen atoms in total. The maximum atomic E-state index is 6.00. The predicted molar refractivity (Wildman–Crippen MR) is 68.4 cm³/mol. The largest absolute Gasteiger partial charge is 0.397 e. The molecule has 88 valence electrons. The van der Waals surface area contributed by atoms with Crippen LogP contribution in [-0.2, 0) is 6.42 Å². The van der Waals surface area contributed by atoms with Gasteiger partial charge in [-0.05, 0) is 42.7 Å². The van der Waals surface area contributed by atoms with Crippen LogP contribution in [0.2, 0.25) is 0 Å². The Hall–Kier alpha value is -1.05. The maximum Gasteiger partial charge on any atom is 0.0630 e. The Morgan fingerprint density at radius 1 is 1.31 bits per heavy atom. The van der Waals surface area contributed by atoms with E-state index in [1.165, 1.54) is 31.2 Å². The van der Waals surface area contributed by atoms with Gasteiger partial charge in [0.15, 0.2) is 0 Å². The van der Waals surface area contributed by atoms with Crippen LogP contribution in [0.3, 0.4) is 0 Å². The Morgan fingerprint density at radius 2 is 2.00 bits per heavy atom. The second kappa shape index (κ2) is 4.86. The molecule has 0 radical (unpaired) electrons. The van der Waals surface area contributed by atoms with E-state index >= 15 is 0 Å². The van der Waals surface area contributed by atoms with Crippen LogP contribution in [0.25, 0.3) is 0 Å². The summed E-state index contributed by atoms with van der Waals surface area (Å²) in [6, 6.07) is 2.15. The minimum absolute atomic E-state index is 0.692. The number of hydrogen-bond donors (Lipinski definition) is 1. The molecule has 0 aromatic carbocycles. The highest BCUT2D eigenvalue weighted by Gasteiger charge is 2.20. The van der Waals surface area contributed by atoms with Gasteiger partial charge in [-0.25, -0.2) is 0 Å². The lowest BCUT2D eigenvalue weighted by atomic mass is 9.80. The first-order valence-electron chi connectivity index (χ1n) is 6.45. The summed E-state index contributed by atoms with van der Waals surface area (Å²) >= 11 is 0. The van der Waals surface area contributed by atoms with Crippen molar-refractivity contribution in [3.8, 4) is 0 Å². The number of rotatable bonds is 2. The molecule has 1 aromatic heterocycles. The van der Waals surface area contributed by atoms with Crippen LogP contribution in [-0.4, -0.2) is 4.98 Å². The van der Waals surface area contributed by atoms with E-state index in [1.54, 1.807) is 0 Å². The molecule has 0 atom stereocenters. The molecule has 0 bridgehead atoms. The molecule has 1 fully saturated rings. The second-order valence-electron chi connectivity index (χ2n) is 5.11. The van der Waals surface area contributed by atoms with Crippen molar-refractivity contribution in [2.24, 2.45) is 5.92 Å². The molecule has 2 N–H and O–H groups in total. The van der Waals surface area contributed by atoms with Crippen molar-refractivity contribution in [3.05, 3.63) is 23.5 Å². The van der Waals surface area contributed by atoms with E-state index in [-0.39, 0.29) is 0 Å². The van der Waals surface area contributed by atoms with Crippen molar-refractivity contribution >= 4 is 5.69 Å². The molecule has 1 saturated carbocycles. The number of nitrogens with two attached hydrogens (primary N) is 1. The third-order valence-electron chi connectivity index (χ3n) is 3.85. The van der Waals surface area contributed by atoms with Crippen molar-refractivity contribution in [2.45, 2.75) is 51.9 Å². The monoisotopic (exact) mass is 218 g/mol. The van der Waals surface area contributed by atoms with Gasteiger partial charge in [0, 0.05) is 6.20 Å². The molecule has 1 aliphatic rings. The molecule has 16 heavy (non-hydrogen) atoms. The predicted octanol–water partition coefficient (Wildman–Crippen LogP) is 3.52. The van der Waals surface area contributed by atoms with Gasteiger partial charge in [0.1, 0.15) is 0 Å². The molecular weight excluding hydrogens is 196 g/mol. The van der Waals surface area contributed by atoms with Crippen LogP contribution in [0.4, 0.5) is 5.69 Å². The van der Waals surface area contributed by atoms with Crippen LogP contribution in [0.5, 0.6) is 0 Å². The SMILES string of the molecule is CCc1ncc(C2CCC(C)CC2)cc1N. The summed E-state index contributed by atoms with van der Waals surface area (Å²) in [4.78, 5) is 4.47. The van der Waals surface area contributed by atoms with Gasteiger partial charge in [0.05, 0.1) is 11.4 Å². The highest BCUT2D eigenvalue weighted by molar-refractivity contribution is 5.45. The van der Waals surface area contributed by atoms with E-state index in [0.717, 1.165) is 23.7 Å². The van der Waals surface area contributed by atoms with Crippen LogP contribution in [0, 0.1) is 5.92 Å². The highest BCUT2D eigenvalue weighted by Crippen LogP contribution is 2.35. The average molecular weight is 218 g/mol. The zero-order chi connectivity index (χ0) is 11.5. The zero-order valence-corrected chi connectivity index (χ0v) is 10.4. The van der Waals surface area contributed by atoms with Gasteiger partial charge >= 0.3 is 0 Å². The smallest absolute Gasteiger partial charge is 0.0630 e. The zero-order valence-electron chi connectivity index (χ0n) is 10.4. The van der Waals surface area contributed by atoms with Gasteiger partial charge < -0.3 is 5.73 Å². The van der Waals surface area contributed by atoms with Gasteiger partial charge in [0.25, 0.3) is 0 Å². The standard InChI is InChI=1S/C14H22N2/c1-3-14-13(15)8-12(9-16-14)11-6-4-10(2)5-7-11/h8-11H,3-7,15H2,1-2H3. The number of nitrogens with zero attached hydrogens (tertiary/aromatic N) is 1. The number of aromatic nitrogens is 1. The van der Waals surface area contributed by atoms with Crippen molar-refractivity contribution in [2.75, 3.05) is 5.73 Å². The molecule has 0 amide bonds. The third kappa shape index (κ3) is 2.37. The fourth-order valence-corrected chi connectivity index (χ4v) is 2.64. The first-order chi connectivity index (χ1) is 7.70. The van der Waals surface area contributed by atoms with E-state index < -0.39 is 0 Å². The fraction of sp³-hybridized carbons (Fsp3) is 0.643. The van der Waals surface area contributed by atoms with Crippen molar-refractivity contribution < 1.29 is 0 Å². The maximum absolute atomic E-state index is 6.00. The number of hydrogen-bond acceptors (Lipinski definition) is 2. The van der Waals surface area contributed by atoms with Gasteiger partial charge in [0.2, 0.25) is 0 Å². The van der Waals surface area contributed by atoms with Gasteiger partial charge in [-0.1, -0.05) is 26.7 Å². The molecular formula is C14H22N2. The number of aryl methyl sites for hydroxylation is 1. The molecule has 1 aromatic rings. The number of pyridine rings is 1. The summed E-state index contributed by atoms with van der Waals surface area (Å²) < 4.78 is 0. The first kappa shape index (κ1) is 11.4. The molecule has 0 saturated heterocycles. The van der Waals surface area contributed by atoms with Crippen LogP contribution < -0.4 is 5.73 Å². The van der Waals surface area contributed by atoms with Crippen molar-refractivity contribution in [1.82, 2.24) is 4.98 Å². The topological polar surface area (TPSA) is 38.9 Å². The van der Waals surface area contributed by atoms with Crippen LogP contribution in [0.1, 0.15) is 56.7 Å². The summed E-state index contributed by atoms with van der Waals surface area (Å²) in [6.45, 7) is 4.45. The van der Waals surface area contributed by atoms with Crippen molar-refractivity contribution in [1.29, 1.82) is 0 Å². The molecule has 1 aliphatic carbocycles. The molecule has 0 spiro atoms. The lowest BCUT2D eigenvalue weighted by molar-refractivity contribution is 0.347. The van der Waals surface area contributed by atoms with Crippen LogP contribution in [0.15, 0.2) is 12.3 Å². The summed E-state index contributed by atoms with van der Waals surface area (Å²) in [5.74, 6) is 1.59. The summed E-state index contributed by atoms with van der Waals surface area (Å²) in [7, 11) is 0. The van der Waals surface area contributed by atoms with E-state index in [2.05, 4.69) is 24.9 Å². The van der Waals surface area contributed by atoms with E-state index in [9.17, 15) is 0 Å². The van der Waals surface area contributed by atoms with Crippen LogP contribution >= 0.6 is 0 Å². The minimum Gasteiger partial charge on any atom is -0.397 e. The highest BCUT2D eigenvalue weighted by atomic mass is 14.7. The van der Waals surface area contributed by atoms with E-state index in [0.29, 0.717) is 5.92 Å². The Bertz CT molecular complexity index is 352. The molecule has 2 rings (SSSR count). The average Bonchev–Trinajstić information content (AvgIpc) is 2.30. The fourth-order valence-electron chi connectivity index (χ4n) is 2.64. The van der Waals surface area contributed by atoms with E-state index in [1.807, 2.05) is 6.20 Å². The van der Waals surface area contributed by atoms with Gasteiger partial charge in [-0.2, -0.15) is 0 Å². The van der Waals surface area contributed by atoms with Gasteiger partial charge in [-0.15, -0.1) is 0 Å². The lowest BCUT2D eigenvalue weighted by Gasteiger charge is -2.26. The molecule has 1 heterocycles. The van der Waals surface area contributed by atoms with Gasteiger partial charge in [-0.3, -0.25) is 4.98 Å². The normalized spacial score (nSPS) is 25.6. The Kier molecular flexibility index (Phi) is 3.47. The summed E-state index contributed by atoms with van der Waals surface area (Å²) in [6.07, 6.45) is 8.26.